The first kappa shape index (κ1) is 11.1. The minimum Gasteiger partial charge on any atom is -0.494 e. The highest BCUT2D eigenvalue weighted by Crippen LogP contribution is 2.15. The molecule has 0 aliphatic carbocycles. The topological polar surface area (TPSA) is 9.23 Å². The normalized spacial score (nSPS) is 10.2. The number of unbranched alkanes of at least 4 members (excludes halogenated alkanes) is 2. The van der Waals surface area contributed by atoms with Crippen LogP contribution in [0.25, 0.3) is 0 Å². The van der Waals surface area contributed by atoms with Crippen molar-refractivity contribution in [1.82, 2.24) is 0 Å². The van der Waals surface area contributed by atoms with Gasteiger partial charge in [0.05, 0.1) is 6.61 Å². The van der Waals surface area contributed by atoms with Gasteiger partial charge in [-0.3, -0.25) is 0 Å². The van der Waals surface area contributed by atoms with E-state index in [1.54, 1.807) is 0 Å². The number of ether oxygens (including phenoxy) is 1. The molecule has 0 aromatic heterocycles. The molecule has 1 nitrogen and oxygen atoms in total. The SMILES string of the molecule is CCCCCOc1cc(C)[c]c(C)c1. The molecule has 0 aliphatic heterocycles. The Bertz CT molecular complexity index is 258. The summed E-state index contributed by atoms with van der Waals surface area (Å²) in [6, 6.07) is 7.31. The summed E-state index contributed by atoms with van der Waals surface area (Å²) in [6.07, 6.45) is 3.63. The van der Waals surface area contributed by atoms with E-state index in [0.29, 0.717) is 0 Å². The van der Waals surface area contributed by atoms with Gasteiger partial charge in [0, 0.05) is 0 Å². The summed E-state index contributed by atoms with van der Waals surface area (Å²) in [6.45, 7) is 7.13. The molecule has 0 heterocycles. The molecule has 0 bridgehead atoms. The van der Waals surface area contributed by atoms with Gasteiger partial charge in [0.1, 0.15) is 5.75 Å². The number of hydrogen-bond acceptors (Lipinski definition) is 1. The summed E-state index contributed by atoms with van der Waals surface area (Å²) in [5, 5.41) is 0. The molecule has 0 N–H and O–H groups in total. The molecule has 0 saturated carbocycles. The van der Waals surface area contributed by atoms with E-state index >= 15 is 0 Å². The highest BCUT2D eigenvalue weighted by atomic mass is 16.5. The van der Waals surface area contributed by atoms with Gasteiger partial charge in [-0.25, -0.2) is 0 Å². The van der Waals surface area contributed by atoms with Crippen molar-refractivity contribution in [1.29, 1.82) is 0 Å². The van der Waals surface area contributed by atoms with Crippen molar-refractivity contribution in [3.8, 4) is 5.75 Å². The minimum atomic E-state index is 0.830. The Kier molecular flexibility index (Phi) is 4.51. The molecule has 0 amide bonds. The van der Waals surface area contributed by atoms with Gasteiger partial charge in [-0.05, 0) is 49.6 Å². The highest BCUT2D eigenvalue weighted by Gasteiger charge is 1.96. The fraction of sp³-hybridized carbons (Fsp3) is 0.538. The van der Waals surface area contributed by atoms with Crippen LogP contribution in [0, 0.1) is 19.9 Å². The van der Waals surface area contributed by atoms with Crippen LogP contribution in [0.15, 0.2) is 12.1 Å². The largest absolute Gasteiger partial charge is 0.494 e. The first-order valence-electron chi connectivity index (χ1n) is 5.35. The lowest BCUT2D eigenvalue weighted by Crippen LogP contribution is -1.97. The van der Waals surface area contributed by atoms with E-state index in [1.807, 2.05) is 26.0 Å². The van der Waals surface area contributed by atoms with E-state index in [2.05, 4.69) is 13.0 Å². The minimum absolute atomic E-state index is 0.830. The van der Waals surface area contributed by atoms with Crippen LogP contribution in [0.2, 0.25) is 0 Å². The second-order valence-corrected chi connectivity index (χ2v) is 3.74. The Balaban J connectivity index is 2.42. The van der Waals surface area contributed by atoms with Gasteiger partial charge in [0.15, 0.2) is 0 Å². The molecule has 0 saturated heterocycles. The summed E-state index contributed by atoms with van der Waals surface area (Å²) < 4.78 is 5.65. The Morgan fingerprint density at radius 2 is 1.79 bits per heavy atom. The van der Waals surface area contributed by atoms with Crippen LogP contribution in [-0.4, -0.2) is 6.61 Å². The molecule has 0 aliphatic rings. The molecular weight excluding hydrogens is 172 g/mol. The van der Waals surface area contributed by atoms with Crippen molar-refractivity contribution in [2.24, 2.45) is 0 Å². The first-order chi connectivity index (χ1) is 6.72. The predicted octanol–water partition coefficient (Wildman–Crippen LogP) is 3.67. The summed E-state index contributed by atoms with van der Waals surface area (Å²) in [5.41, 5.74) is 2.30. The molecule has 0 spiro atoms. The quantitative estimate of drug-likeness (QED) is 0.645. The van der Waals surface area contributed by atoms with Crippen LogP contribution in [0.3, 0.4) is 0 Å². The monoisotopic (exact) mass is 191 g/mol. The van der Waals surface area contributed by atoms with Gasteiger partial charge < -0.3 is 4.74 Å². The van der Waals surface area contributed by atoms with Crippen molar-refractivity contribution in [2.75, 3.05) is 6.61 Å². The maximum absolute atomic E-state index is 5.65. The zero-order valence-corrected chi connectivity index (χ0v) is 9.39. The molecule has 1 aromatic carbocycles. The molecule has 1 heteroatoms. The Morgan fingerprint density at radius 3 is 2.36 bits per heavy atom. The third-order valence-electron chi connectivity index (χ3n) is 2.13. The zero-order valence-electron chi connectivity index (χ0n) is 9.39. The van der Waals surface area contributed by atoms with Crippen LogP contribution in [-0.2, 0) is 0 Å². The van der Waals surface area contributed by atoms with Crippen LogP contribution in [0.1, 0.15) is 37.3 Å². The van der Waals surface area contributed by atoms with E-state index in [0.717, 1.165) is 29.9 Å². The lowest BCUT2D eigenvalue weighted by atomic mass is 10.1. The van der Waals surface area contributed by atoms with Crippen molar-refractivity contribution in [3.63, 3.8) is 0 Å². The fourth-order valence-electron chi connectivity index (χ4n) is 1.48. The van der Waals surface area contributed by atoms with Crippen LogP contribution in [0.4, 0.5) is 0 Å². The Hall–Kier alpha value is -0.980. The van der Waals surface area contributed by atoms with Crippen LogP contribution < -0.4 is 4.74 Å². The molecule has 1 aromatic rings. The smallest absolute Gasteiger partial charge is 0.119 e. The maximum atomic E-state index is 5.65. The van der Waals surface area contributed by atoms with Crippen molar-refractivity contribution in [3.05, 3.63) is 29.3 Å². The number of hydrogen-bond donors (Lipinski definition) is 0. The number of benzene rings is 1. The Labute approximate surface area is 87.1 Å². The van der Waals surface area contributed by atoms with Crippen molar-refractivity contribution < 1.29 is 4.74 Å². The van der Waals surface area contributed by atoms with E-state index in [4.69, 9.17) is 4.74 Å². The third kappa shape index (κ3) is 3.82. The molecule has 0 unspecified atom stereocenters. The van der Waals surface area contributed by atoms with E-state index < -0.39 is 0 Å². The standard InChI is InChI=1S/C13H19O/c1-4-5-6-7-14-13-9-11(2)8-12(3)10-13/h9-10H,4-7H2,1-3H3. The average molecular weight is 191 g/mol. The zero-order chi connectivity index (χ0) is 10.4. The number of rotatable bonds is 5. The molecule has 0 fully saturated rings. The second kappa shape index (κ2) is 5.69. The summed E-state index contributed by atoms with van der Waals surface area (Å²) in [4.78, 5) is 0. The van der Waals surface area contributed by atoms with Gasteiger partial charge >= 0.3 is 0 Å². The number of aryl methyl sites for hydroxylation is 2. The molecule has 14 heavy (non-hydrogen) atoms. The lowest BCUT2D eigenvalue weighted by Gasteiger charge is -2.07. The second-order valence-electron chi connectivity index (χ2n) is 3.74. The molecule has 1 rings (SSSR count). The van der Waals surface area contributed by atoms with Crippen molar-refractivity contribution in [2.45, 2.75) is 40.0 Å². The lowest BCUT2D eigenvalue weighted by molar-refractivity contribution is 0.306. The van der Waals surface area contributed by atoms with Crippen molar-refractivity contribution >= 4 is 0 Å². The third-order valence-corrected chi connectivity index (χ3v) is 2.13. The van der Waals surface area contributed by atoms with Gasteiger partial charge in [-0.15, -0.1) is 0 Å². The Morgan fingerprint density at radius 1 is 1.14 bits per heavy atom. The predicted molar refractivity (Wildman–Crippen MR) is 59.8 cm³/mol. The van der Waals surface area contributed by atoms with E-state index in [-0.39, 0.29) is 0 Å². The summed E-state index contributed by atoms with van der Waals surface area (Å²) >= 11 is 0. The summed E-state index contributed by atoms with van der Waals surface area (Å²) in [7, 11) is 0. The van der Waals surface area contributed by atoms with Crippen LogP contribution in [0.5, 0.6) is 5.75 Å². The molecule has 77 valence electrons. The molecular formula is C13H19O. The maximum Gasteiger partial charge on any atom is 0.119 e. The summed E-state index contributed by atoms with van der Waals surface area (Å²) in [5.74, 6) is 0.981. The van der Waals surface area contributed by atoms with Gasteiger partial charge in [0.2, 0.25) is 0 Å². The van der Waals surface area contributed by atoms with Crippen LogP contribution >= 0.6 is 0 Å². The average Bonchev–Trinajstić information content (AvgIpc) is 2.11. The van der Waals surface area contributed by atoms with E-state index in [9.17, 15) is 0 Å². The van der Waals surface area contributed by atoms with Gasteiger partial charge in [-0.1, -0.05) is 19.8 Å². The fourth-order valence-corrected chi connectivity index (χ4v) is 1.48. The van der Waals surface area contributed by atoms with E-state index in [1.165, 1.54) is 12.8 Å². The molecule has 1 radical (unpaired) electrons. The molecule has 0 atom stereocenters. The van der Waals surface area contributed by atoms with Gasteiger partial charge in [-0.2, -0.15) is 0 Å². The highest BCUT2D eigenvalue weighted by molar-refractivity contribution is 5.31. The van der Waals surface area contributed by atoms with Gasteiger partial charge in [0.25, 0.3) is 0 Å². The first-order valence-corrected chi connectivity index (χ1v) is 5.35.